The Balaban J connectivity index is 1.64. The minimum Gasteiger partial charge on any atom is -0.342 e. The average molecular weight is 279 g/mol. The molecule has 0 N–H and O–H groups in total. The summed E-state index contributed by atoms with van der Waals surface area (Å²) in [5.41, 5.74) is 3.08. The second kappa shape index (κ2) is 5.59. The van der Waals surface area contributed by atoms with Crippen molar-refractivity contribution in [1.82, 2.24) is 14.8 Å². The number of piperidine rings is 1. The topological polar surface area (TPSA) is 36.4 Å². The molecule has 0 bridgehead atoms. The van der Waals surface area contributed by atoms with Crippen LogP contribution in [0.15, 0.2) is 10.9 Å². The zero-order valence-corrected chi connectivity index (χ0v) is 12.2. The van der Waals surface area contributed by atoms with Crippen molar-refractivity contribution in [3.8, 4) is 0 Å². The Morgan fingerprint density at radius 1 is 1.47 bits per heavy atom. The molecule has 0 saturated carbocycles. The van der Waals surface area contributed by atoms with Gasteiger partial charge in [-0.15, -0.1) is 11.3 Å². The van der Waals surface area contributed by atoms with Crippen molar-refractivity contribution < 1.29 is 4.79 Å². The van der Waals surface area contributed by atoms with E-state index in [2.05, 4.69) is 15.3 Å². The average Bonchev–Trinajstić information content (AvgIpc) is 2.86. The molecule has 0 aromatic carbocycles. The standard InChI is InChI=1S/C14H21N3OS/c1-16-13-5-6-17(8-12-9-19-10-15-12)7-11(13)3-2-4-14(16)18/h9-11,13H,2-8H2,1H3/t11-,13-/m1/s1. The van der Waals surface area contributed by atoms with Crippen LogP contribution in [0.3, 0.4) is 0 Å². The summed E-state index contributed by atoms with van der Waals surface area (Å²) in [5.74, 6) is 0.976. The maximum absolute atomic E-state index is 11.9. The van der Waals surface area contributed by atoms with Crippen molar-refractivity contribution in [3.05, 3.63) is 16.6 Å². The van der Waals surface area contributed by atoms with E-state index in [0.29, 0.717) is 17.9 Å². The molecule has 2 saturated heterocycles. The Hall–Kier alpha value is -0.940. The number of hydrogen-bond donors (Lipinski definition) is 0. The van der Waals surface area contributed by atoms with Crippen LogP contribution in [-0.2, 0) is 11.3 Å². The van der Waals surface area contributed by atoms with Gasteiger partial charge in [0.15, 0.2) is 0 Å². The van der Waals surface area contributed by atoms with Gasteiger partial charge in [-0.1, -0.05) is 0 Å². The molecule has 5 heteroatoms. The van der Waals surface area contributed by atoms with Gasteiger partial charge in [-0.05, 0) is 25.2 Å². The quantitative estimate of drug-likeness (QED) is 0.830. The third-order valence-electron chi connectivity index (χ3n) is 4.50. The van der Waals surface area contributed by atoms with Crippen LogP contribution in [0, 0.1) is 5.92 Å². The Morgan fingerprint density at radius 3 is 3.16 bits per heavy atom. The van der Waals surface area contributed by atoms with Crippen LogP contribution in [0.5, 0.6) is 0 Å². The van der Waals surface area contributed by atoms with Crippen LogP contribution >= 0.6 is 11.3 Å². The van der Waals surface area contributed by atoms with Gasteiger partial charge in [0, 0.05) is 44.5 Å². The van der Waals surface area contributed by atoms with E-state index in [1.165, 1.54) is 12.1 Å². The molecule has 104 valence electrons. The van der Waals surface area contributed by atoms with Crippen molar-refractivity contribution in [3.63, 3.8) is 0 Å². The first-order valence-electron chi connectivity index (χ1n) is 7.09. The van der Waals surface area contributed by atoms with Crippen LogP contribution < -0.4 is 0 Å². The molecule has 2 aliphatic rings. The van der Waals surface area contributed by atoms with E-state index in [1.54, 1.807) is 11.3 Å². The van der Waals surface area contributed by atoms with Gasteiger partial charge in [-0.2, -0.15) is 0 Å². The van der Waals surface area contributed by atoms with E-state index >= 15 is 0 Å². The zero-order chi connectivity index (χ0) is 13.2. The summed E-state index contributed by atoms with van der Waals surface area (Å²) in [6.45, 7) is 3.15. The van der Waals surface area contributed by atoms with Gasteiger partial charge < -0.3 is 4.90 Å². The number of aromatic nitrogens is 1. The number of hydrogen-bond acceptors (Lipinski definition) is 4. The van der Waals surface area contributed by atoms with Gasteiger partial charge in [-0.25, -0.2) is 4.98 Å². The molecule has 1 aromatic rings. The molecule has 0 aliphatic carbocycles. The lowest BCUT2D eigenvalue weighted by Crippen LogP contribution is -2.50. The van der Waals surface area contributed by atoms with Crippen LogP contribution in [0.2, 0.25) is 0 Å². The Bertz CT molecular complexity index is 434. The molecule has 4 nitrogen and oxygen atoms in total. The maximum Gasteiger partial charge on any atom is 0.222 e. The van der Waals surface area contributed by atoms with Gasteiger partial charge in [0.05, 0.1) is 11.2 Å². The fraction of sp³-hybridized carbons (Fsp3) is 0.714. The van der Waals surface area contributed by atoms with Crippen LogP contribution in [0.25, 0.3) is 0 Å². The van der Waals surface area contributed by atoms with Gasteiger partial charge >= 0.3 is 0 Å². The number of nitrogens with zero attached hydrogens (tertiary/aromatic N) is 3. The number of likely N-dealkylation sites (tertiary alicyclic amines) is 2. The first-order chi connectivity index (χ1) is 9.24. The number of carbonyl (C=O) groups is 1. The Morgan fingerprint density at radius 2 is 2.37 bits per heavy atom. The minimum atomic E-state index is 0.334. The van der Waals surface area contributed by atoms with E-state index < -0.39 is 0 Å². The fourth-order valence-corrected chi connectivity index (χ4v) is 4.00. The normalized spacial score (nSPS) is 29.1. The monoisotopic (exact) mass is 279 g/mol. The summed E-state index contributed by atoms with van der Waals surface area (Å²) in [7, 11) is 1.99. The van der Waals surface area contributed by atoms with E-state index in [9.17, 15) is 4.79 Å². The molecule has 2 atom stereocenters. The van der Waals surface area contributed by atoms with E-state index in [1.807, 2.05) is 17.5 Å². The highest BCUT2D eigenvalue weighted by molar-refractivity contribution is 7.07. The largest absolute Gasteiger partial charge is 0.342 e. The second-order valence-electron chi connectivity index (χ2n) is 5.73. The first-order valence-corrected chi connectivity index (χ1v) is 8.03. The summed E-state index contributed by atoms with van der Waals surface area (Å²) in [6, 6.07) is 0.460. The molecule has 2 fully saturated rings. The van der Waals surface area contributed by atoms with Crippen LogP contribution in [0.4, 0.5) is 0 Å². The summed E-state index contributed by atoms with van der Waals surface area (Å²) in [6.07, 6.45) is 4.08. The Kier molecular flexibility index (Phi) is 3.84. The van der Waals surface area contributed by atoms with Gasteiger partial charge in [0.25, 0.3) is 0 Å². The molecular weight excluding hydrogens is 258 g/mol. The number of amides is 1. The molecule has 3 rings (SSSR count). The summed E-state index contributed by atoms with van der Waals surface area (Å²) < 4.78 is 0. The molecular formula is C14H21N3OS. The van der Waals surface area contributed by atoms with Crippen molar-refractivity contribution in [2.24, 2.45) is 5.92 Å². The molecule has 1 amide bonds. The van der Waals surface area contributed by atoms with Crippen LogP contribution in [0.1, 0.15) is 31.4 Å². The van der Waals surface area contributed by atoms with Crippen LogP contribution in [-0.4, -0.2) is 46.9 Å². The SMILES string of the molecule is CN1C(=O)CCC[C@@H]2CN(Cc3cscn3)CC[C@H]21. The van der Waals surface area contributed by atoms with E-state index in [0.717, 1.165) is 38.9 Å². The lowest BCUT2D eigenvalue weighted by molar-refractivity contribution is -0.132. The van der Waals surface area contributed by atoms with Gasteiger partial charge in [0.1, 0.15) is 0 Å². The van der Waals surface area contributed by atoms with Crippen molar-refractivity contribution in [2.75, 3.05) is 20.1 Å². The molecule has 19 heavy (non-hydrogen) atoms. The maximum atomic E-state index is 11.9. The van der Waals surface area contributed by atoms with Gasteiger partial charge in [-0.3, -0.25) is 9.69 Å². The lowest BCUT2D eigenvalue weighted by atomic mass is 9.88. The molecule has 0 unspecified atom stereocenters. The minimum absolute atomic E-state index is 0.334. The van der Waals surface area contributed by atoms with E-state index in [4.69, 9.17) is 0 Å². The first kappa shape index (κ1) is 13.1. The highest BCUT2D eigenvalue weighted by atomic mass is 32.1. The molecule has 3 heterocycles. The van der Waals surface area contributed by atoms with Gasteiger partial charge in [0.2, 0.25) is 5.91 Å². The van der Waals surface area contributed by atoms with Crippen molar-refractivity contribution in [2.45, 2.75) is 38.3 Å². The second-order valence-corrected chi connectivity index (χ2v) is 6.45. The van der Waals surface area contributed by atoms with Crippen molar-refractivity contribution >= 4 is 17.2 Å². The zero-order valence-electron chi connectivity index (χ0n) is 11.4. The van der Waals surface area contributed by atoms with Crippen molar-refractivity contribution in [1.29, 1.82) is 0 Å². The fourth-order valence-electron chi connectivity index (χ4n) is 3.45. The third-order valence-corrected chi connectivity index (χ3v) is 5.14. The van der Waals surface area contributed by atoms with E-state index in [-0.39, 0.29) is 0 Å². The highest BCUT2D eigenvalue weighted by Crippen LogP contribution is 2.30. The molecule has 0 spiro atoms. The number of thiazole rings is 1. The summed E-state index contributed by atoms with van der Waals surface area (Å²) >= 11 is 1.66. The predicted molar refractivity (Wildman–Crippen MR) is 75.9 cm³/mol. The Labute approximate surface area is 118 Å². The summed E-state index contributed by atoms with van der Waals surface area (Å²) in [5, 5.41) is 2.13. The molecule has 1 aromatic heterocycles. The third kappa shape index (κ3) is 2.82. The lowest BCUT2D eigenvalue weighted by Gasteiger charge is -2.41. The number of rotatable bonds is 2. The smallest absolute Gasteiger partial charge is 0.222 e. The summed E-state index contributed by atoms with van der Waals surface area (Å²) in [4.78, 5) is 20.8. The number of fused-ring (bicyclic) bond motifs is 1. The molecule has 2 aliphatic heterocycles. The number of carbonyl (C=O) groups excluding carboxylic acids is 1. The molecule has 0 radical (unpaired) electrons. The predicted octanol–water partition coefficient (Wildman–Crippen LogP) is 1.98. The highest BCUT2D eigenvalue weighted by Gasteiger charge is 2.35.